The average Bonchev–Trinajstić information content (AvgIpc) is 1.08. The number of hydrogen-bond acceptors (Lipinski definition) is 10. The summed E-state index contributed by atoms with van der Waals surface area (Å²) >= 11 is 0. The van der Waals surface area contributed by atoms with Gasteiger partial charge in [0, 0.05) is 53.1 Å². The predicted molar refractivity (Wildman–Crippen MR) is 374 cm³/mol. The molecule has 96 heavy (non-hydrogen) atoms. The molecule has 6 aromatic carbocycles. The van der Waals surface area contributed by atoms with Crippen LogP contribution in [0.4, 0.5) is 0 Å². The van der Waals surface area contributed by atoms with Crippen molar-refractivity contribution in [1.82, 2.24) is 33.4 Å². The Morgan fingerprint density at radius 2 is 0.698 bits per heavy atom. The highest BCUT2D eigenvalue weighted by Gasteiger charge is 2.25. The third-order valence-electron chi connectivity index (χ3n) is 17.0. The van der Waals surface area contributed by atoms with Gasteiger partial charge in [-0.15, -0.1) is 0 Å². The molecular weight excluding hydrogens is 1200 g/mol. The summed E-state index contributed by atoms with van der Waals surface area (Å²) < 4.78 is 24.5. The number of aromatic carboxylic acids is 3. The van der Waals surface area contributed by atoms with E-state index in [1.165, 1.54) is 0 Å². The smallest absolute Gasteiger partial charge is 0.336 e. The number of aryl methyl sites for hydroxylation is 3. The zero-order chi connectivity index (χ0) is 66.7. The van der Waals surface area contributed by atoms with Crippen molar-refractivity contribution >= 4 is 67.2 Å². The fourth-order valence-corrected chi connectivity index (χ4v) is 12.0. The van der Waals surface area contributed by atoms with E-state index in [1.807, 2.05) is 282 Å². The third-order valence-corrected chi connectivity index (χ3v) is 17.0. The van der Waals surface area contributed by atoms with Crippen LogP contribution in [0.2, 0.25) is 0 Å². The molecule has 0 fully saturated rings. The van der Waals surface area contributed by atoms with Gasteiger partial charge in [0.05, 0.1) is 72.0 Å². The molecule has 16 heteroatoms. The van der Waals surface area contributed by atoms with E-state index in [2.05, 4.69) is 5.10 Å². The van der Waals surface area contributed by atoms with Crippen LogP contribution in [-0.4, -0.2) is 66.6 Å². The van der Waals surface area contributed by atoms with Gasteiger partial charge in [-0.05, 0) is 166 Å². The van der Waals surface area contributed by atoms with Crippen molar-refractivity contribution in [1.29, 1.82) is 0 Å². The first-order valence-electron chi connectivity index (χ1n) is 31.3. The number of ether oxygens (including phenoxy) is 3. The van der Waals surface area contributed by atoms with Gasteiger partial charge in [-0.1, -0.05) is 127 Å². The van der Waals surface area contributed by atoms with Crippen molar-refractivity contribution in [3.8, 4) is 51.2 Å². The summed E-state index contributed by atoms with van der Waals surface area (Å²) in [4.78, 5) is 51.4. The Kier molecular flexibility index (Phi) is 17.3. The molecule has 0 bridgehead atoms. The van der Waals surface area contributed by atoms with Gasteiger partial charge in [0.1, 0.15) is 41.3 Å². The number of carboxylic acid groups (broad SMARTS) is 3. The average molecular weight is 1270 g/mol. The van der Waals surface area contributed by atoms with E-state index >= 15 is 0 Å². The molecule has 474 valence electrons. The molecule has 0 unspecified atom stereocenters. The van der Waals surface area contributed by atoms with Crippen molar-refractivity contribution in [3.05, 3.63) is 299 Å². The number of benzene rings is 6. The maximum Gasteiger partial charge on any atom is 0.336 e. The van der Waals surface area contributed by atoms with Crippen LogP contribution in [0.1, 0.15) is 104 Å². The lowest BCUT2D eigenvalue weighted by molar-refractivity contribution is 0.0688. The molecule has 9 aromatic heterocycles. The van der Waals surface area contributed by atoms with Gasteiger partial charge in [0.2, 0.25) is 0 Å². The molecule has 0 aliphatic carbocycles. The van der Waals surface area contributed by atoms with E-state index in [-0.39, 0.29) is 35.0 Å². The second kappa shape index (κ2) is 26.7. The molecule has 15 aromatic rings. The molecule has 3 atom stereocenters. The number of carboxylic acids is 3. The maximum atomic E-state index is 12.3. The summed E-state index contributed by atoms with van der Waals surface area (Å²) in [5.41, 5.74) is 15.1. The second-order valence-electron chi connectivity index (χ2n) is 23.5. The minimum Gasteiger partial charge on any atom is -0.485 e. The molecular formula is C80H65N7O9. The standard InChI is InChI=1S/2C27H22N2O3.C26H21N3O3/c2*1-17-11-12-24(32-18(2)19-8-4-3-5-9-19)25-22(27(30)31)15-23(28-26(17)25)20-14-21-10-6-7-13-29(21)16-20;1-16-11-12-23(32-17(2)18-8-4-3-5-9-18)24-20(26(30)31)15-21(27-25(16)24)22-14-19-10-6-7-13-29(19)28-22/h2*3-16,18H,1-2H3,(H,30,31);3-15,17H,1-2H3,(H,30,31)/t2*18-;17-/m101/s1. The minimum absolute atomic E-state index is 0.140. The number of hydrogen-bond donors (Lipinski definition) is 3. The van der Waals surface area contributed by atoms with Gasteiger partial charge in [-0.25, -0.2) is 33.9 Å². The van der Waals surface area contributed by atoms with Crippen LogP contribution in [0.3, 0.4) is 0 Å². The monoisotopic (exact) mass is 1270 g/mol. The molecule has 0 saturated heterocycles. The Hall–Kier alpha value is -12.4. The summed E-state index contributed by atoms with van der Waals surface area (Å²) in [6.07, 6.45) is 8.97. The van der Waals surface area contributed by atoms with Crippen molar-refractivity contribution in [2.45, 2.75) is 59.9 Å². The van der Waals surface area contributed by atoms with E-state index in [0.29, 0.717) is 72.7 Å². The Labute approximate surface area is 552 Å². The minimum atomic E-state index is -1.04. The third kappa shape index (κ3) is 12.8. The summed E-state index contributed by atoms with van der Waals surface area (Å²) in [5.74, 6) is -1.53. The van der Waals surface area contributed by atoms with Crippen molar-refractivity contribution < 1.29 is 43.9 Å². The summed E-state index contributed by atoms with van der Waals surface area (Å²) in [7, 11) is 0. The van der Waals surface area contributed by atoms with Crippen LogP contribution in [0.25, 0.3) is 83.2 Å². The summed E-state index contributed by atoms with van der Waals surface area (Å²) in [5, 5.41) is 36.3. The van der Waals surface area contributed by atoms with Crippen LogP contribution in [0, 0.1) is 20.8 Å². The number of aromatic nitrogens is 7. The fourth-order valence-electron chi connectivity index (χ4n) is 12.0. The Bertz CT molecular complexity index is 4800. The molecule has 15 rings (SSSR count). The summed E-state index contributed by atoms with van der Waals surface area (Å²) in [6.45, 7) is 11.6. The number of carbonyl (C=O) groups is 3. The second-order valence-corrected chi connectivity index (χ2v) is 23.5. The van der Waals surface area contributed by atoms with Gasteiger partial charge in [0.25, 0.3) is 0 Å². The topological polar surface area (TPSA) is 204 Å². The molecule has 16 nitrogen and oxygen atoms in total. The van der Waals surface area contributed by atoms with E-state index in [9.17, 15) is 29.7 Å². The van der Waals surface area contributed by atoms with Crippen LogP contribution in [0.15, 0.2) is 249 Å². The highest BCUT2D eigenvalue weighted by molar-refractivity contribution is 6.09. The largest absolute Gasteiger partial charge is 0.485 e. The van der Waals surface area contributed by atoms with Crippen LogP contribution in [0.5, 0.6) is 17.2 Å². The van der Waals surface area contributed by atoms with Gasteiger partial charge in [-0.3, -0.25) is 0 Å². The quantitative estimate of drug-likeness (QED) is 0.0875. The maximum absolute atomic E-state index is 12.3. The van der Waals surface area contributed by atoms with E-state index in [4.69, 9.17) is 29.2 Å². The highest BCUT2D eigenvalue weighted by Crippen LogP contribution is 2.40. The first kappa shape index (κ1) is 62.4. The lowest BCUT2D eigenvalue weighted by atomic mass is 10.0. The first-order valence-corrected chi connectivity index (χ1v) is 31.3. The van der Waals surface area contributed by atoms with E-state index < -0.39 is 17.9 Å². The van der Waals surface area contributed by atoms with Crippen molar-refractivity contribution in [2.75, 3.05) is 0 Å². The molecule has 0 aliphatic rings. The lowest BCUT2D eigenvalue weighted by Crippen LogP contribution is -2.07. The van der Waals surface area contributed by atoms with E-state index in [0.717, 1.165) is 61.1 Å². The molecule has 0 aliphatic heterocycles. The molecule has 0 saturated carbocycles. The Morgan fingerprint density at radius 3 is 1.05 bits per heavy atom. The van der Waals surface area contributed by atoms with Crippen molar-refractivity contribution in [2.24, 2.45) is 0 Å². The lowest BCUT2D eigenvalue weighted by Gasteiger charge is -2.18. The van der Waals surface area contributed by atoms with E-state index in [1.54, 1.807) is 22.7 Å². The van der Waals surface area contributed by atoms with Crippen molar-refractivity contribution in [3.63, 3.8) is 0 Å². The molecule has 0 amide bonds. The molecule has 0 spiro atoms. The Morgan fingerprint density at radius 1 is 0.365 bits per heavy atom. The zero-order valence-corrected chi connectivity index (χ0v) is 53.3. The van der Waals surface area contributed by atoms with Gasteiger partial charge in [0.15, 0.2) is 0 Å². The number of pyridine rings is 6. The summed E-state index contributed by atoms with van der Waals surface area (Å²) in [6, 6.07) is 69.2. The molecule has 3 N–H and O–H groups in total. The Balaban J connectivity index is 0.000000130. The normalized spacial score (nSPS) is 12.2. The van der Waals surface area contributed by atoms with Gasteiger partial charge in [-0.2, -0.15) is 5.10 Å². The van der Waals surface area contributed by atoms with Crippen LogP contribution >= 0.6 is 0 Å². The van der Waals surface area contributed by atoms with Crippen LogP contribution in [-0.2, 0) is 0 Å². The van der Waals surface area contributed by atoms with Crippen LogP contribution < -0.4 is 14.2 Å². The molecule has 0 radical (unpaired) electrons. The number of fused-ring (bicyclic) bond motifs is 6. The number of nitrogens with zero attached hydrogens (tertiary/aromatic N) is 7. The number of rotatable bonds is 15. The highest BCUT2D eigenvalue weighted by atomic mass is 16.5. The van der Waals surface area contributed by atoms with Gasteiger partial charge >= 0.3 is 17.9 Å². The fraction of sp³-hybridized carbons (Fsp3) is 0.113. The zero-order valence-electron chi connectivity index (χ0n) is 53.3. The molecule has 9 heterocycles. The first-order chi connectivity index (χ1) is 46.5. The predicted octanol–water partition coefficient (Wildman–Crippen LogP) is 18.3. The SMILES string of the molecule is Cc1ccc(O[C@@H](C)c2ccccc2)c2c(C(=O)O)cc(-c3cc4ccccn4c3)nc12.Cc1ccc(O[C@H](C)c2ccccc2)c2c(C(=O)O)cc(-c3cc4ccccn4c3)nc12.Cc1ccc(O[C@H](C)c2ccccc2)c2c(C(=O)O)cc(-c3cc4ccccn4n3)nc12. The van der Waals surface area contributed by atoms with Gasteiger partial charge < -0.3 is 38.3 Å².